The molecule has 128 valence electrons. The third-order valence-electron chi connectivity index (χ3n) is 4.18. The van der Waals surface area contributed by atoms with Gasteiger partial charge in [0.05, 0.1) is 15.3 Å². The second kappa shape index (κ2) is 6.52. The normalized spacial score (nSPS) is 14.8. The van der Waals surface area contributed by atoms with Gasteiger partial charge in [-0.15, -0.1) is 10.2 Å². The summed E-state index contributed by atoms with van der Waals surface area (Å²) in [5.41, 5.74) is 2.73. The Kier molecular flexibility index (Phi) is 4.35. The van der Waals surface area contributed by atoms with E-state index in [9.17, 15) is 4.79 Å². The van der Waals surface area contributed by atoms with Gasteiger partial charge < -0.3 is 4.90 Å². The number of pyridine rings is 1. The molecule has 0 N–H and O–H groups in total. The number of amides is 1. The van der Waals surface area contributed by atoms with Crippen LogP contribution in [0.3, 0.4) is 0 Å². The molecule has 0 unspecified atom stereocenters. The van der Waals surface area contributed by atoms with Crippen LogP contribution in [-0.4, -0.2) is 32.3 Å². The SMILES string of the molecule is C[C@H](Sc1nnc2c(Cl)cc(Cl)cn12)C(=O)N1CCc2ccccc21. The Morgan fingerprint density at radius 3 is 2.92 bits per heavy atom. The smallest absolute Gasteiger partial charge is 0.240 e. The average Bonchev–Trinajstić information content (AvgIpc) is 3.19. The van der Waals surface area contributed by atoms with Crippen LogP contribution in [0, 0.1) is 0 Å². The van der Waals surface area contributed by atoms with Crippen molar-refractivity contribution in [2.24, 2.45) is 0 Å². The highest BCUT2D eigenvalue weighted by molar-refractivity contribution is 8.00. The number of rotatable bonds is 3. The van der Waals surface area contributed by atoms with E-state index in [1.165, 1.54) is 17.3 Å². The fourth-order valence-corrected chi connectivity index (χ4v) is 4.37. The Morgan fingerprint density at radius 1 is 1.28 bits per heavy atom. The number of hydrogen-bond donors (Lipinski definition) is 0. The summed E-state index contributed by atoms with van der Waals surface area (Å²) in [5, 5.41) is 9.44. The molecule has 0 fully saturated rings. The van der Waals surface area contributed by atoms with Gasteiger partial charge >= 0.3 is 0 Å². The Labute approximate surface area is 158 Å². The van der Waals surface area contributed by atoms with Gasteiger partial charge in [0.15, 0.2) is 10.8 Å². The fourth-order valence-electron chi connectivity index (χ4n) is 2.98. The zero-order valence-corrected chi connectivity index (χ0v) is 15.6. The van der Waals surface area contributed by atoms with E-state index in [4.69, 9.17) is 23.2 Å². The molecule has 25 heavy (non-hydrogen) atoms. The highest BCUT2D eigenvalue weighted by atomic mass is 35.5. The summed E-state index contributed by atoms with van der Waals surface area (Å²) >= 11 is 13.6. The molecule has 1 aromatic carbocycles. The van der Waals surface area contributed by atoms with Crippen molar-refractivity contribution < 1.29 is 4.79 Å². The van der Waals surface area contributed by atoms with Crippen LogP contribution in [0.1, 0.15) is 12.5 Å². The molecule has 0 saturated heterocycles. The molecule has 1 atom stereocenters. The van der Waals surface area contributed by atoms with Gasteiger partial charge in [-0.1, -0.05) is 53.2 Å². The Hall–Kier alpha value is -1.76. The highest BCUT2D eigenvalue weighted by Gasteiger charge is 2.29. The quantitative estimate of drug-likeness (QED) is 0.629. The fraction of sp³-hybridized carbons (Fsp3) is 0.235. The number of nitrogens with zero attached hydrogens (tertiary/aromatic N) is 4. The number of para-hydroxylation sites is 1. The second-order valence-corrected chi connectivity index (χ2v) is 7.96. The van der Waals surface area contributed by atoms with Gasteiger partial charge in [-0.05, 0) is 31.0 Å². The van der Waals surface area contributed by atoms with E-state index in [1.54, 1.807) is 16.7 Å². The third kappa shape index (κ3) is 2.99. The average molecular weight is 393 g/mol. The molecule has 1 aliphatic heterocycles. The Morgan fingerprint density at radius 2 is 2.08 bits per heavy atom. The maximum absolute atomic E-state index is 12.9. The van der Waals surface area contributed by atoms with E-state index >= 15 is 0 Å². The molecule has 0 spiro atoms. The van der Waals surface area contributed by atoms with Crippen LogP contribution in [0.15, 0.2) is 41.7 Å². The van der Waals surface area contributed by atoms with Crippen molar-refractivity contribution in [1.82, 2.24) is 14.6 Å². The van der Waals surface area contributed by atoms with E-state index in [0.29, 0.717) is 27.4 Å². The molecule has 2 aromatic heterocycles. The first-order valence-corrected chi connectivity index (χ1v) is 9.44. The monoisotopic (exact) mass is 392 g/mol. The lowest BCUT2D eigenvalue weighted by Crippen LogP contribution is -2.35. The third-order valence-corrected chi connectivity index (χ3v) is 5.71. The van der Waals surface area contributed by atoms with Gasteiger partial charge in [0.1, 0.15) is 0 Å². The number of anilines is 1. The van der Waals surface area contributed by atoms with Gasteiger partial charge in [0.25, 0.3) is 0 Å². The van der Waals surface area contributed by atoms with Crippen molar-refractivity contribution in [3.05, 3.63) is 52.1 Å². The molecule has 5 nitrogen and oxygen atoms in total. The topological polar surface area (TPSA) is 50.5 Å². The van der Waals surface area contributed by atoms with Gasteiger partial charge in [-0.25, -0.2) is 0 Å². The predicted octanol–water partition coefficient (Wildman–Crippen LogP) is 4.11. The van der Waals surface area contributed by atoms with Gasteiger partial charge in [-0.3, -0.25) is 9.20 Å². The zero-order valence-electron chi connectivity index (χ0n) is 13.3. The lowest BCUT2D eigenvalue weighted by atomic mass is 10.2. The standard InChI is InChI=1S/C17H14Cl2N4OS/c1-10(16(24)22-7-6-11-4-2-3-5-14(11)22)25-17-21-20-15-13(19)8-12(18)9-23(15)17/h2-5,8-10H,6-7H2,1H3/t10-/m0/s1. The lowest BCUT2D eigenvalue weighted by molar-refractivity contribution is -0.117. The molecule has 0 saturated carbocycles. The van der Waals surface area contributed by atoms with Crippen molar-refractivity contribution >= 4 is 52.2 Å². The number of halogens is 2. The number of aromatic nitrogens is 3. The summed E-state index contributed by atoms with van der Waals surface area (Å²) in [6.45, 7) is 2.59. The van der Waals surface area contributed by atoms with Crippen molar-refractivity contribution in [3.8, 4) is 0 Å². The summed E-state index contributed by atoms with van der Waals surface area (Å²) in [6.07, 6.45) is 2.59. The van der Waals surface area contributed by atoms with Crippen LogP contribution in [-0.2, 0) is 11.2 Å². The maximum Gasteiger partial charge on any atom is 0.240 e. The number of carbonyl (C=O) groups excluding carboxylic acids is 1. The van der Waals surface area contributed by atoms with Crippen molar-refractivity contribution in [3.63, 3.8) is 0 Å². The molecule has 3 heterocycles. The van der Waals surface area contributed by atoms with E-state index < -0.39 is 0 Å². The number of hydrogen-bond acceptors (Lipinski definition) is 4. The first-order valence-electron chi connectivity index (χ1n) is 7.80. The van der Waals surface area contributed by atoms with Crippen molar-refractivity contribution in [2.75, 3.05) is 11.4 Å². The molecule has 1 amide bonds. The van der Waals surface area contributed by atoms with E-state index in [0.717, 1.165) is 12.1 Å². The van der Waals surface area contributed by atoms with Gasteiger partial charge in [-0.2, -0.15) is 0 Å². The summed E-state index contributed by atoms with van der Waals surface area (Å²) < 4.78 is 1.72. The molecule has 0 radical (unpaired) electrons. The maximum atomic E-state index is 12.9. The minimum absolute atomic E-state index is 0.0554. The molecule has 3 aromatic rings. The summed E-state index contributed by atoms with van der Waals surface area (Å²) in [5.74, 6) is 0.0554. The van der Waals surface area contributed by atoms with Gasteiger partial charge in [0.2, 0.25) is 5.91 Å². The minimum Gasteiger partial charge on any atom is -0.311 e. The number of thioether (sulfide) groups is 1. The van der Waals surface area contributed by atoms with Crippen LogP contribution in [0.5, 0.6) is 0 Å². The number of carbonyl (C=O) groups is 1. The van der Waals surface area contributed by atoms with E-state index in [-0.39, 0.29) is 11.2 Å². The molecule has 1 aliphatic rings. The largest absolute Gasteiger partial charge is 0.311 e. The summed E-state index contributed by atoms with van der Waals surface area (Å²) in [7, 11) is 0. The molecule has 4 rings (SSSR count). The van der Waals surface area contributed by atoms with Crippen LogP contribution in [0.4, 0.5) is 5.69 Å². The lowest BCUT2D eigenvalue weighted by Gasteiger charge is -2.20. The minimum atomic E-state index is -0.309. The van der Waals surface area contributed by atoms with Crippen LogP contribution >= 0.6 is 35.0 Å². The van der Waals surface area contributed by atoms with Gasteiger partial charge in [0, 0.05) is 18.4 Å². The van der Waals surface area contributed by atoms with E-state index in [1.807, 2.05) is 30.0 Å². The molecular formula is C17H14Cl2N4OS. The molecule has 0 bridgehead atoms. The van der Waals surface area contributed by atoms with E-state index in [2.05, 4.69) is 16.3 Å². The summed E-state index contributed by atoms with van der Waals surface area (Å²) in [4.78, 5) is 14.7. The highest BCUT2D eigenvalue weighted by Crippen LogP contribution is 2.32. The number of fused-ring (bicyclic) bond motifs is 2. The number of benzene rings is 1. The van der Waals surface area contributed by atoms with Crippen molar-refractivity contribution in [2.45, 2.75) is 23.8 Å². The van der Waals surface area contributed by atoms with Crippen molar-refractivity contribution in [1.29, 1.82) is 0 Å². The molecular weight excluding hydrogens is 379 g/mol. The second-order valence-electron chi connectivity index (χ2n) is 5.81. The molecule has 0 aliphatic carbocycles. The first kappa shape index (κ1) is 16.7. The van der Waals surface area contributed by atoms with Crippen LogP contribution in [0.25, 0.3) is 5.65 Å². The Bertz CT molecular complexity index is 974. The van der Waals surface area contributed by atoms with Crippen LogP contribution < -0.4 is 4.90 Å². The first-order chi connectivity index (χ1) is 12.0. The van der Waals surface area contributed by atoms with Crippen LogP contribution in [0.2, 0.25) is 10.0 Å². The Balaban J connectivity index is 1.59. The zero-order chi connectivity index (χ0) is 17.6. The predicted molar refractivity (Wildman–Crippen MR) is 101 cm³/mol. The molecule has 8 heteroatoms. The summed E-state index contributed by atoms with van der Waals surface area (Å²) in [6, 6.07) is 9.64.